The van der Waals surface area contributed by atoms with Gasteiger partial charge in [-0.05, 0) is 42.7 Å². The molecule has 31 heavy (non-hydrogen) atoms. The third kappa shape index (κ3) is 5.78. The average molecular weight is 439 g/mol. The minimum absolute atomic E-state index is 0.0135. The van der Waals surface area contributed by atoms with Crippen LogP contribution >= 0.6 is 0 Å². The summed E-state index contributed by atoms with van der Waals surface area (Å²) in [6.07, 6.45) is -1.77. The Morgan fingerprint density at radius 3 is 2.19 bits per heavy atom. The Labute approximate surface area is 176 Å². The zero-order valence-corrected chi connectivity index (χ0v) is 16.8. The van der Waals surface area contributed by atoms with Gasteiger partial charge in [-0.2, -0.15) is 13.2 Å². The van der Waals surface area contributed by atoms with Gasteiger partial charge in [0.05, 0.1) is 5.56 Å². The molecule has 0 radical (unpaired) electrons. The second-order valence-electron chi connectivity index (χ2n) is 7.21. The molecule has 0 N–H and O–H groups in total. The highest BCUT2D eigenvalue weighted by atomic mass is 19.4. The highest BCUT2D eigenvalue weighted by Gasteiger charge is 2.33. The fraction of sp³-hybridized carbons (Fsp3) is 0.381. The zero-order chi connectivity index (χ0) is 22.6. The van der Waals surface area contributed by atoms with Crippen molar-refractivity contribution >= 4 is 17.6 Å². The van der Waals surface area contributed by atoms with Crippen molar-refractivity contribution in [2.45, 2.75) is 26.1 Å². The molecule has 2 amide bonds. The molecule has 0 saturated carbocycles. The fourth-order valence-electron chi connectivity index (χ4n) is 2.89. The van der Waals surface area contributed by atoms with Gasteiger partial charge in [0.15, 0.2) is 11.6 Å². The van der Waals surface area contributed by atoms with Crippen LogP contribution in [0.4, 0.5) is 23.4 Å². The molecule has 2 saturated heterocycles. The maximum atomic E-state index is 14.0. The summed E-state index contributed by atoms with van der Waals surface area (Å²) in [4.78, 5) is 30.7. The lowest BCUT2D eigenvalue weighted by atomic mass is 10.1. The summed E-state index contributed by atoms with van der Waals surface area (Å²) >= 11 is 0. The maximum absolute atomic E-state index is 14.0. The lowest BCUT2D eigenvalue weighted by Crippen LogP contribution is -2.54. The third-order valence-electron chi connectivity index (χ3n) is 4.72. The van der Waals surface area contributed by atoms with Gasteiger partial charge in [0, 0.05) is 26.0 Å². The molecule has 2 fully saturated rings. The van der Waals surface area contributed by atoms with Crippen LogP contribution < -0.4 is 4.90 Å². The first-order valence-electron chi connectivity index (χ1n) is 9.59. The van der Waals surface area contributed by atoms with E-state index in [4.69, 9.17) is 4.74 Å². The lowest BCUT2D eigenvalue weighted by molar-refractivity contribution is -0.139. The number of ether oxygens (including phenoxy) is 1. The van der Waals surface area contributed by atoms with Gasteiger partial charge in [0.25, 0.3) is 0 Å². The van der Waals surface area contributed by atoms with E-state index in [1.807, 2.05) is 0 Å². The van der Waals surface area contributed by atoms with E-state index in [0.29, 0.717) is 11.1 Å². The van der Waals surface area contributed by atoms with Crippen molar-refractivity contribution < 1.29 is 31.9 Å². The van der Waals surface area contributed by atoms with Gasteiger partial charge < -0.3 is 9.64 Å². The molecule has 4 rings (SSSR count). The van der Waals surface area contributed by atoms with E-state index >= 15 is 0 Å². The molecule has 3 heterocycles. The normalized spacial score (nSPS) is 16.5. The Morgan fingerprint density at radius 1 is 1.06 bits per heavy atom. The van der Waals surface area contributed by atoms with E-state index in [1.165, 1.54) is 35.7 Å². The number of anilines is 1. The molecule has 166 valence electrons. The Kier molecular flexibility index (Phi) is 6.89. The van der Waals surface area contributed by atoms with Crippen molar-refractivity contribution in [3.05, 3.63) is 59.0 Å². The third-order valence-corrected chi connectivity index (χ3v) is 4.72. The van der Waals surface area contributed by atoms with Crippen molar-refractivity contribution in [2.75, 3.05) is 31.2 Å². The molecule has 0 bridgehead atoms. The van der Waals surface area contributed by atoms with E-state index in [9.17, 15) is 27.2 Å². The predicted octanol–water partition coefficient (Wildman–Crippen LogP) is 3.33. The number of amides is 2. The van der Waals surface area contributed by atoms with Crippen LogP contribution in [0.25, 0.3) is 0 Å². The molecular formula is C21H21F4N3O3. The van der Waals surface area contributed by atoms with Crippen molar-refractivity contribution in [3.63, 3.8) is 0 Å². The number of pyridine rings is 1. The Morgan fingerprint density at radius 2 is 1.68 bits per heavy atom. The minimum Gasteiger partial charge on any atom is -0.381 e. The van der Waals surface area contributed by atoms with Crippen molar-refractivity contribution in [3.8, 4) is 0 Å². The van der Waals surface area contributed by atoms with Gasteiger partial charge in [-0.15, -0.1) is 0 Å². The molecule has 2 aliphatic rings. The van der Waals surface area contributed by atoms with Gasteiger partial charge in [-0.25, -0.2) is 9.37 Å². The monoisotopic (exact) mass is 439 g/mol. The second-order valence-corrected chi connectivity index (χ2v) is 7.21. The van der Waals surface area contributed by atoms with Crippen molar-refractivity contribution in [1.29, 1.82) is 0 Å². The highest BCUT2D eigenvalue weighted by Crippen LogP contribution is 2.29. The molecule has 0 spiro atoms. The van der Waals surface area contributed by atoms with E-state index in [2.05, 4.69) is 4.98 Å². The quantitative estimate of drug-likeness (QED) is 0.689. The second kappa shape index (κ2) is 9.42. The van der Waals surface area contributed by atoms with E-state index in [1.54, 1.807) is 6.92 Å². The molecule has 2 aromatic rings. The Bertz CT molecular complexity index is 940. The number of benzene rings is 1. The van der Waals surface area contributed by atoms with Gasteiger partial charge in [-0.3, -0.25) is 14.5 Å². The number of carbonyl (C=O) groups is 2. The molecule has 1 aromatic carbocycles. The van der Waals surface area contributed by atoms with Crippen LogP contribution in [0.2, 0.25) is 0 Å². The summed E-state index contributed by atoms with van der Waals surface area (Å²) in [7, 11) is 0. The molecule has 0 atom stereocenters. The summed E-state index contributed by atoms with van der Waals surface area (Å²) in [6.45, 7) is 2.94. The maximum Gasteiger partial charge on any atom is 0.416 e. The molecule has 6 nitrogen and oxygen atoms in total. The molecular weight excluding hydrogens is 418 g/mol. The number of alkyl halides is 3. The molecule has 10 heteroatoms. The van der Waals surface area contributed by atoms with Crippen molar-refractivity contribution in [2.24, 2.45) is 0 Å². The number of carbonyl (C=O) groups excluding carboxylic acids is 2. The van der Waals surface area contributed by atoms with Crippen LogP contribution in [0.5, 0.6) is 0 Å². The smallest absolute Gasteiger partial charge is 0.381 e. The number of halogens is 4. The Hall–Kier alpha value is -3.01. The standard InChI is InChI=1S/C18H15F4N3O2.C3H6O/c1-11-6-14(19)17(23-7-11)25-10-15(26)24(9-16(25)27)8-12-2-4-13(5-3-12)18(20,21)22;1-2-4-3-1/h2-7H,8-10H2,1H3;1-3H2. The summed E-state index contributed by atoms with van der Waals surface area (Å²) in [6, 6.07) is 5.57. The number of aryl methyl sites for hydroxylation is 1. The SMILES string of the molecule is C1COC1.Cc1cnc(N2CC(=O)N(Cc3ccc(C(F)(F)F)cc3)CC2=O)c(F)c1. The van der Waals surface area contributed by atoms with E-state index in [-0.39, 0.29) is 25.5 Å². The summed E-state index contributed by atoms with van der Waals surface area (Å²) in [5, 5.41) is 0. The van der Waals surface area contributed by atoms with Crippen LogP contribution in [0.1, 0.15) is 23.1 Å². The van der Waals surface area contributed by atoms with Crippen molar-refractivity contribution in [1.82, 2.24) is 9.88 Å². The Balaban J connectivity index is 0.000000610. The van der Waals surface area contributed by atoms with Gasteiger partial charge in [0.2, 0.25) is 11.8 Å². The number of aromatic nitrogens is 1. The first kappa shape index (κ1) is 22.7. The van der Waals surface area contributed by atoms with E-state index < -0.39 is 29.4 Å². The highest BCUT2D eigenvalue weighted by molar-refractivity contribution is 6.04. The molecule has 1 aromatic heterocycles. The zero-order valence-electron chi connectivity index (χ0n) is 16.8. The molecule has 2 aliphatic heterocycles. The lowest BCUT2D eigenvalue weighted by Gasteiger charge is -2.33. The number of hydrogen-bond donors (Lipinski definition) is 0. The summed E-state index contributed by atoms with van der Waals surface area (Å²) in [5.41, 5.74) is 0.243. The summed E-state index contributed by atoms with van der Waals surface area (Å²) < 4.78 is 56.6. The van der Waals surface area contributed by atoms with Gasteiger partial charge in [0.1, 0.15) is 13.1 Å². The first-order chi connectivity index (χ1) is 14.6. The average Bonchev–Trinajstić information content (AvgIpc) is 2.63. The fourth-order valence-corrected chi connectivity index (χ4v) is 2.89. The minimum atomic E-state index is -4.44. The largest absolute Gasteiger partial charge is 0.416 e. The van der Waals surface area contributed by atoms with Gasteiger partial charge in [-0.1, -0.05) is 12.1 Å². The van der Waals surface area contributed by atoms with Crippen LogP contribution in [0.3, 0.4) is 0 Å². The molecule has 0 aliphatic carbocycles. The summed E-state index contributed by atoms with van der Waals surface area (Å²) in [5.74, 6) is -1.88. The number of rotatable bonds is 3. The van der Waals surface area contributed by atoms with Crippen LogP contribution in [-0.2, 0) is 27.0 Å². The number of nitrogens with zero attached hydrogens (tertiary/aromatic N) is 3. The molecule has 0 unspecified atom stereocenters. The predicted molar refractivity (Wildman–Crippen MR) is 104 cm³/mol. The van der Waals surface area contributed by atoms with Crippen LogP contribution in [0, 0.1) is 12.7 Å². The van der Waals surface area contributed by atoms with E-state index in [0.717, 1.165) is 30.2 Å². The number of hydrogen-bond acceptors (Lipinski definition) is 4. The van der Waals surface area contributed by atoms with Crippen LogP contribution in [-0.4, -0.2) is 48.0 Å². The first-order valence-corrected chi connectivity index (χ1v) is 9.59. The number of piperazine rings is 1. The van der Waals surface area contributed by atoms with Crippen LogP contribution in [0.15, 0.2) is 36.5 Å². The van der Waals surface area contributed by atoms with Gasteiger partial charge >= 0.3 is 6.18 Å². The topological polar surface area (TPSA) is 62.7 Å².